The Kier molecular flexibility index (Phi) is 3.41. The van der Waals surface area contributed by atoms with Gasteiger partial charge in [0.05, 0.1) is 12.6 Å². The number of fused-ring (bicyclic) bond motifs is 1. The minimum atomic E-state index is 0.191. The Balaban J connectivity index is 1.92. The number of methoxy groups -OCH3 is 1. The molecular formula is C16H19N3O2. The van der Waals surface area contributed by atoms with Crippen molar-refractivity contribution in [3.05, 3.63) is 29.8 Å². The van der Waals surface area contributed by atoms with Gasteiger partial charge in [-0.15, -0.1) is 0 Å². The molecule has 2 heterocycles. The predicted molar refractivity (Wildman–Crippen MR) is 81.9 cm³/mol. The number of nitrogens with zero attached hydrogens (tertiary/aromatic N) is 2. The monoisotopic (exact) mass is 285 g/mol. The predicted octanol–water partition coefficient (Wildman–Crippen LogP) is 2.19. The number of carbonyl (C=O) groups is 1. The lowest BCUT2D eigenvalue weighted by atomic mass is 10.1. The lowest BCUT2D eigenvalue weighted by Gasteiger charge is -2.17. The van der Waals surface area contributed by atoms with Gasteiger partial charge in [-0.05, 0) is 24.1 Å². The van der Waals surface area contributed by atoms with E-state index in [9.17, 15) is 4.79 Å². The zero-order valence-corrected chi connectivity index (χ0v) is 12.3. The number of likely N-dealkylation sites (tertiary alicyclic amines) is 1. The highest BCUT2D eigenvalue weighted by Crippen LogP contribution is 2.26. The van der Waals surface area contributed by atoms with Crippen molar-refractivity contribution in [1.82, 2.24) is 9.88 Å². The Morgan fingerprint density at radius 1 is 1.43 bits per heavy atom. The van der Waals surface area contributed by atoms with Gasteiger partial charge in [-0.3, -0.25) is 4.79 Å². The summed E-state index contributed by atoms with van der Waals surface area (Å²) in [4.78, 5) is 18.2. The van der Waals surface area contributed by atoms with Crippen molar-refractivity contribution in [3.63, 3.8) is 0 Å². The summed E-state index contributed by atoms with van der Waals surface area (Å²) in [7, 11) is 1.62. The third kappa shape index (κ3) is 2.63. The number of aromatic nitrogens is 1. The molecule has 5 heteroatoms. The largest absolute Gasteiger partial charge is 0.497 e. The maximum Gasteiger partial charge on any atom is 0.223 e. The van der Waals surface area contributed by atoms with Crippen molar-refractivity contribution >= 4 is 22.6 Å². The molecule has 0 radical (unpaired) electrons. The second kappa shape index (κ2) is 5.24. The molecule has 1 fully saturated rings. The van der Waals surface area contributed by atoms with Gasteiger partial charge in [0.25, 0.3) is 0 Å². The van der Waals surface area contributed by atoms with E-state index in [-0.39, 0.29) is 5.91 Å². The fourth-order valence-electron chi connectivity index (χ4n) is 2.79. The van der Waals surface area contributed by atoms with Gasteiger partial charge >= 0.3 is 0 Å². The summed E-state index contributed by atoms with van der Waals surface area (Å²) in [5.74, 6) is 1.84. The maximum atomic E-state index is 11.9. The number of nitrogens with two attached hydrogens (primary N) is 1. The minimum Gasteiger partial charge on any atom is -0.497 e. The first-order chi connectivity index (χ1) is 10.1. The average molecular weight is 285 g/mol. The summed E-state index contributed by atoms with van der Waals surface area (Å²) in [6, 6.07) is 7.72. The molecule has 0 bridgehead atoms. The van der Waals surface area contributed by atoms with E-state index in [1.165, 1.54) is 0 Å². The number of benzene rings is 1. The highest BCUT2D eigenvalue weighted by Gasteiger charge is 2.26. The number of nitrogen functional groups attached to an aromatic ring is 1. The van der Waals surface area contributed by atoms with Crippen molar-refractivity contribution in [2.45, 2.75) is 19.9 Å². The molecule has 21 heavy (non-hydrogen) atoms. The molecule has 3 rings (SSSR count). The fourth-order valence-corrected chi connectivity index (χ4v) is 2.79. The number of pyridine rings is 1. The van der Waals surface area contributed by atoms with Crippen molar-refractivity contribution in [2.75, 3.05) is 19.4 Å². The number of anilines is 1. The van der Waals surface area contributed by atoms with E-state index in [2.05, 4.69) is 11.9 Å². The van der Waals surface area contributed by atoms with Crippen LogP contribution in [0.25, 0.3) is 10.9 Å². The summed E-state index contributed by atoms with van der Waals surface area (Å²) >= 11 is 0. The summed E-state index contributed by atoms with van der Waals surface area (Å²) in [5.41, 5.74) is 7.75. The van der Waals surface area contributed by atoms with Gasteiger partial charge in [0, 0.05) is 36.5 Å². The normalized spacial score (nSPS) is 18.5. The SMILES string of the molecule is COc1ccc2cc(CN3CC(C)CC3=O)c(N)nc2c1. The molecule has 1 saturated heterocycles. The molecule has 1 atom stereocenters. The molecule has 1 amide bonds. The number of carbonyl (C=O) groups excluding carboxylic acids is 1. The quantitative estimate of drug-likeness (QED) is 0.938. The van der Waals surface area contributed by atoms with Crippen LogP contribution in [0, 0.1) is 5.92 Å². The second-order valence-electron chi connectivity index (χ2n) is 5.67. The topological polar surface area (TPSA) is 68.5 Å². The first kappa shape index (κ1) is 13.7. The van der Waals surface area contributed by atoms with E-state index in [0.717, 1.165) is 28.8 Å². The number of rotatable bonds is 3. The molecule has 5 nitrogen and oxygen atoms in total. The lowest BCUT2D eigenvalue weighted by Crippen LogP contribution is -2.25. The van der Waals surface area contributed by atoms with Crippen LogP contribution in [-0.2, 0) is 11.3 Å². The standard InChI is InChI=1S/C16H19N3O2/c1-10-5-15(20)19(8-10)9-12-6-11-3-4-13(21-2)7-14(11)18-16(12)17/h3-4,6-7,10H,5,8-9H2,1-2H3,(H2,17,18). The molecular weight excluding hydrogens is 266 g/mol. The zero-order valence-electron chi connectivity index (χ0n) is 12.3. The third-order valence-electron chi connectivity index (χ3n) is 3.91. The van der Waals surface area contributed by atoms with Gasteiger partial charge in [0.1, 0.15) is 11.6 Å². The van der Waals surface area contributed by atoms with Crippen molar-refractivity contribution < 1.29 is 9.53 Å². The van der Waals surface area contributed by atoms with Crippen molar-refractivity contribution in [3.8, 4) is 5.75 Å². The Hall–Kier alpha value is -2.30. The van der Waals surface area contributed by atoms with Gasteiger partial charge in [-0.1, -0.05) is 6.92 Å². The maximum absolute atomic E-state index is 11.9. The summed E-state index contributed by atoms with van der Waals surface area (Å²) in [6.07, 6.45) is 0.623. The van der Waals surface area contributed by atoms with Crippen LogP contribution in [0.1, 0.15) is 18.9 Å². The molecule has 0 aliphatic carbocycles. The molecule has 0 saturated carbocycles. The number of ether oxygens (including phenoxy) is 1. The van der Waals surface area contributed by atoms with E-state index < -0.39 is 0 Å². The lowest BCUT2D eigenvalue weighted by molar-refractivity contribution is -0.128. The average Bonchev–Trinajstić information content (AvgIpc) is 2.77. The van der Waals surface area contributed by atoms with Crippen LogP contribution in [0.5, 0.6) is 5.75 Å². The third-order valence-corrected chi connectivity index (χ3v) is 3.91. The van der Waals surface area contributed by atoms with Crippen LogP contribution in [0.2, 0.25) is 0 Å². The first-order valence-electron chi connectivity index (χ1n) is 7.07. The zero-order chi connectivity index (χ0) is 15.0. The Morgan fingerprint density at radius 2 is 2.24 bits per heavy atom. The number of hydrogen-bond acceptors (Lipinski definition) is 4. The van der Waals surface area contributed by atoms with Crippen LogP contribution in [-0.4, -0.2) is 29.4 Å². The van der Waals surface area contributed by atoms with Gasteiger partial charge in [-0.2, -0.15) is 0 Å². The molecule has 2 N–H and O–H groups in total. The Morgan fingerprint density at radius 3 is 2.90 bits per heavy atom. The van der Waals surface area contributed by atoms with Crippen LogP contribution in [0.15, 0.2) is 24.3 Å². The molecule has 1 aromatic carbocycles. The first-order valence-corrected chi connectivity index (χ1v) is 7.07. The molecule has 110 valence electrons. The minimum absolute atomic E-state index is 0.191. The summed E-state index contributed by atoms with van der Waals surface area (Å²) in [5, 5.41) is 1.000. The van der Waals surface area contributed by atoms with Crippen LogP contribution in [0.4, 0.5) is 5.82 Å². The van der Waals surface area contributed by atoms with Gasteiger partial charge < -0.3 is 15.4 Å². The van der Waals surface area contributed by atoms with E-state index in [1.54, 1.807) is 7.11 Å². The number of amides is 1. The van der Waals surface area contributed by atoms with Crippen LogP contribution >= 0.6 is 0 Å². The van der Waals surface area contributed by atoms with E-state index in [4.69, 9.17) is 10.5 Å². The van der Waals surface area contributed by atoms with Crippen molar-refractivity contribution in [1.29, 1.82) is 0 Å². The molecule has 1 aromatic heterocycles. The highest BCUT2D eigenvalue weighted by atomic mass is 16.5. The Bertz CT molecular complexity index is 699. The summed E-state index contributed by atoms with van der Waals surface area (Å²) < 4.78 is 5.19. The van der Waals surface area contributed by atoms with E-state index in [0.29, 0.717) is 24.7 Å². The van der Waals surface area contributed by atoms with Gasteiger partial charge in [0.2, 0.25) is 5.91 Å². The second-order valence-corrected chi connectivity index (χ2v) is 5.67. The van der Waals surface area contributed by atoms with E-state index >= 15 is 0 Å². The van der Waals surface area contributed by atoms with Gasteiger partial charge in [0.15, 0.2) is 0 Å². The van der Waals surface area contributed by atoms with Crippen LogP contribution in [0.3, 0.4) is 0 Å². The number of hydrogen-bond donors (Lipinski definition) is 1. The smallest absolute Gasteiger partial charge is 0.223 e. The van der Waals surface area contributed by atoms with E-state index in [1.807, 2.05) is 29.2 Å². The Labute approximate surface area is 123 Å². The van der Waals surface area contributed by atoms with Crippen molar-refractivity contribution in [2.24, 2.45) is 5.92 Å². The van der Waals surface area contributed by atoms with Gasteiger partial charge in [-0.25, -0.2) is 4.98 Å². The highest BCUT2D eigenvalue weighted by molar-refractivity contribution is 5.83. The van der Waals surface area contributed by atoms with Crippen LogP contribution < -0.4 is 10.5 Å². The fraction of sp³-hybridized carbons (Fsp3) is 0.375. The molecule has 0 spiro atoms. The molecule has 1 aliphatic rings. The molecule has 2 aromatic rings. The molecule has 1 aliphatic heterocycles. The molecule has 1 unspecified atom stereocenters. The summed E-state index contributed by atoms with van der Waals surface area (Å²) in [6.45, 7) is 3.41.